The van der Waals surface area contributed by atoms with Crippen molar-refractivity contribution in [3.05, 3.63) is 42.0 Å². The highest BCUT2D eigenvalue weighted by Crippen LogP contribution is 2.47. The Bertz CT molecular complexity index is 436. The maximum absolute atomic E-state index is 11.2. The third kappa shape index (κ3) is 2.87. The highest BCUT2D eigenvalue weighted by Gasteiger charge is 2.39. The lowest BCUT2D eigenvalue weighted by molar-refractivity contribution is -0.139. The molecule has 0 amide bonds. The summed E-state index contributed by atoms with van der Waals surface area (Å²) in [5, 5.41) is 0. The maximum atomic E-state index is 11.2. The van der Waals surface area contributed by atoms with Crippen LogP contribution in [0.3, 0.4) is 0 Å². The molecule has 17 heavy (non-hydrogen) atoms. The molecule has 0 bridgehead atoms. The van der Waals surface area contributed by atoms with Crippen LogP contribution in [0.15, 0.2) is 36.4 Å². The Morgan fingerprint density at radius 1 is 1.47 bits per heavy atom. The van der Waals surface area contributed by atoms with Crippen LogP contribution in [0.4, 0.5) is 5.69 Å². The number of anilines is 1. The molecule has 3 nitrogen and oxygen atoms in total. The molecule has 2 atom stereocenters. The number of hydrogen-bond donors (Lipinski definition) is 1. The fraction of sp³-hybridized carbons (Fsp3) is 0.357. The number of carbonyl (C=O) groups excluding carboxylic acids is 1. The van der Waals surface area contributed by atoms with E-state index in [0.717, 1.165) is 12.1 Å². The van der Waals surface area contributed by atoms with Crippen LogP contribution >= 0.6 is 0 Å². The van der Waals surface area contributed by atoms with Crippen LogP contribution in [0.2, 0.25) is 0 Å². The Morgan fingerprint density at radius 2 is 2.12 bits per heavy atom. The van der Waals surface area contributed by atoms with Gasteiger partial charge in [-0.25, -0.2) is 4.79 Å². The molecule has 1 aromatic rings. The Labute approximate surface area is 101 Å². The molecular formula is C14H17NO2. The maximum Gasteiger partial charge on any atom is 0.333 e. The van der Waals surface area contributed by atoms with E-state index in [1.807, 2.05) is 24.3 Å². The third-order valence-corrected chi connectivity index (χ3v) is 3.06. The lowest BCUT2D eigenvalue weighted by Crippen LogP contribution is -2.07. The number of hydrogen-bond acceptors (Lipinski definition) is 3. The first-order valence-electron chi connectivity index (χ1n) is 5.76. The molecule has 0 aliphatic heterocycles. The van der Waals surface area contributed by atoms with E-state index in [-0.39, 0.29) is 5.97 Å². The average Bonchev–Trinajstić information content (AvgIpc) is 3.06. The first kappa shape index (κ1) is 11.7. The van der Waals surface area contributed by atoms with Crippen LogP contribution in [-0.2, 0) is 9.53 Å². The molecule has 1 aliphatic carbocycles. The second-order valence-electron chi connectivity index (χ2n) is 4.65. The minimum Gasteiger partial charge on any atom is -0.462 e. The standard InChI is InChI=1S/C14H17NO2/c1-9(2)14(16)17-8-11-7-13(11)10-3-5-12(15)6-4-10/h3-6,11,13H,1,7-8,15H2,2H3. The van der Waals surface area contributed by atoms with Gasteiger partial charge < -0.3 is 10.5 Å². The minimum absolute atomic E-state index is 0.298. The van der Waals surface area contributed by atoms with Crippen molar-refractivity contribution in [3.8, 4) is 0 Å². The molecule has 90 valence electrons. The van der Waals surface area contributed by atoms with Gasteiger partial charge in [0.1, 0.15) is 0 Å². The summed E-state index contributed by atoms with van der Waals surface area (Å²) in [6.45, 7) is 5.70. The summed E-state index contributed by atoms with van der Waals surface area (Å²) >= 11 is 0. The summed E-state index contributed by atoms with van der Waals surface area (Å²) in [6, 6.07) is 7.90. The quantitative estimate of drug-likeness (QED) is 0.492. The lowest BCUT2D eigenvalue weighted by atomic mass is 10.1. The van der Waals surface area contributed by atoms with Gasteiger partial charge in [0.15, 0.2) is 0 Å². The predicted molar refractivity (Wildman–Crippen MR) is 67.5 cm³/mol. The van der Waals surface area contributed by atoms with Crippen LogP contribution in [0.1, 0.15) is 24.8 Å². The van der Waals surface area contributed by atoms with Gasteiger partial charge in [0, 0.05) is 17.2 Å². The van der Waals surface area contributed by atoms with Crippen LogP contribution in [-0.4, -0.2) is 12.6 Å². The zero-order valence-corrected chi connectivity index (χ0v) is 9.98. The topological polar surface area (TPSA) is 52.3 Å². The van der Waals surface area contributed by atoms with Crippen molar-refractivity contribution in [1.82, 2.24) is 0 Å². The molecule has 0 saturated heterocycles. The molecule has 0 spiro atoms. The first-order chi connectivity index (χ1) is 8.08. The van der Waals surface area contributed by atoms with Gasteiger partial charge in [0.25, 0.3) is 0 Å². The van der Waals surface area contributed by atoms with E-state index < -0.39 is 0 Å². The normalized spacial score (nSPS) is 21.9. The van der Waals surface area contributed by atoms with Crippen molar-refractivity contribution >= 4 is 11.7 Å². The number of carbonyl (C=O) groups is 1. The van der Waals surface area contributed by atoms with Gasteiger partial charge in [-0.2, -0.15) is 0 Å². The molecule has 0 heterocycles. The highest BCUT2D eigenvalue weighted by atomic mass is 16.5. The van der Waals surface area contributed by atoms with Gasteiger partial charge in [-0.1, -0.05) is 18.7 Å². The Kier molecular flexibility index (Phi) is 3.18. The van der Waals surface area contributed by atoms with Crippen LogP contribution in [0.25, 0.3) is 0 Å². The van der Waals surface area contributed by atoms with E-state index >= 15 is 0 Å². The molecule has 3 heteroatoms. The van der Waals surface area contributed by atoms with Crippen LogP contribution in [0, 0.1) is 5.92 Å². The van der Waals surface area contributed by atoms with E-state index in [4.69, 9.17) is 10.5 Å². The molecule has 0 radical (unpaired) electrons. The Balaban J connectivity index is 1.83. The Morgan fingerprint density at radius 3 is 2.71 bits per heavy atom. The zero-order chi connectivity index (χ0) is 12.4. The van der Waals surface area contributed by atoms with Crippen molar-refractivity contribution in [2.24, 2.45) is 5.92 Å². The molecule has 1 aliphatic rings. The number of benzene rings is 1. The van der Waals surface area contributed by atoms with Crippen molar-refractivity contribution in [2.75, 3.05) is 12.3 Å². The summed E-state index contributed by atoms with van der Waals surface area (Å²) in [5.41, 5.74) is 8.14. The fourth-order valence-electron chi connectivity index (χ4n) is 1.89. The Hall–Kier alpha value is -1.77. The predicted octanol–water partition coefficient (Wildman–Crippen LogP) is 2.49. The van der Waals surface area contributed by atoms with Gasteiger partial charge in [-0.05, 0) is 37.0 Å². The van der Waals surface area contributed by atoms with Gasteiger partial charge in [-0.3, -0.25) is 0 Å². The zero-order valence-electron chi connectivity index (χ0n) is 9.98. The molecule has 2 unspecified atom stereocenters. The van der Waals surface area contributed by atoms with E-state index in [0.29, 0.717) is 24.0 Å². The van der Waals surface area contributed by atoms with Gasteiger partial charge >= 0.3 is 5.97 Å². The van der Waals surface area contributed by atoms with Crippen molar-refractivity contribution in [1.29, 1.82) is 0 Å². The largest absolute Gasteiger partial charge is 0.462 e. The van der Waals surface area contributed by atoms with Crippen molar-refractivity contribution in [3.63, 3.8) is 0 Å². The first-order valence-corrected chi connectivity index (χ1v) is 5.76. The highest BCUT2D eigenvalue weighted by molar-refractivity contribution is 5.86. The number of nitrogens with two attached hydrogens (primary N) is 1. The summed E-state index contributed by atoms with van der Waals surface area (Å²) in [6.07, 6.45) is 1.08. The summed E-state index contributed by atoms with van der Waals surface area (Å²) in [7, 11) is 0. The number of ether oxygens (including phenoxy) is 1. The van der Waals surface area contributed by atoms with E-state index in [1.54, 1.807) is 6.92 Å². The summed E-state index contributed by atoms with van der Waals surface area (Å²) < 4.78 is 5.14. The SMILES string of the molecule is C=C(C)C(=O)OCC1CC1c1ccc(N)cc1. The summed E-state index contributed by atoms with van der Waals surface area (Å²) in [5.74, 6) is 0.656. The second kappa shape index (κ2) is 4.62. The second-order valence-corrected chi connectivity index (χ2v) is 4.65. The molecule has 2 N–H and O–H groups in total. The minimum atomic E-state index is -0.298. The molecular weight excluding hydrogens is 214 g/mol. The number of rotatable bonds is 4. The molecule has 2 rings (SSSR count). The van der Waals surface area contributed by atoms with Gasteiger partial charge in [0.05, 0.1) is 6.61 Å². The summed E-state index contributed by atoms with van der Waals surface area (Å²) in [4.78, 5) is 11.2. The molecule has 0 aromatic heterocycles. The smallest absolute Gasteiger partial charge is 0.333 e. The third-order valence-electron chi connectivity index (χ3n) is 3.06. The molecule has 1 aromatic carbocycles. The van der Waals surface area contributed by atoms with E-state index in [9.17, 15) is 4.79 Å². The fourth-order valence-corrected chi connectivity index (χ4v) is 1.89. The van der Waals surface area contributed by atoms with Gasteiger partial charge in [-0.15, -0.1) is 0 Å². The van der Waals surface area contributed by atoms with E-state index in [1.165, 1.54) is 5.56 Å². The van der Waals surface area contributed by atoms with Crippen molar-refractivity contribution in [2.45, 2.75) is 19.3 Å². The average molecular weight is 231 g/mol. The van der Waals surface area contributed by atoms with Crippen LogP contribution < -0.4 is 5.73 Å². The number of nitrogen functional groups attached to an aromatic ring is 1. The van der Waals surface area contributed by atoms with E-state index in [2.05, 4.69) is 6.58 Å². The lowest BCUT2D eigenvalue weighted by Gasteiger charge is -2.04. The monoisotopic (exact) mass is 231 g/mol. The van der Waals surface area contributed by atoms with Gasteiger partial charge in [0.2, 0.25) is 0 Å². The molecule has 1 fully saturated rings. The molecule has 1 saturated carbocycles. The van der Waals surface area contributed by atoms with Crippen LogP contribution in [0.5, 0.6) is 0 Å². The van der Waals surface area contributed by atoms with Crippen molar-refractivity contribution < 1.29 is 9.53 Å². The number of esters is 1.